The van der Waals surface area contributed by atoms with Crippen LogP contribution in [-0.4, -0.2) is 16.2 Å². The van der Waals surface area contributed by atoms with Crippen molar-refractivity contribution in [3.63, 3.8) is 0 Å². The van der Waals surface area contributed by atoms with E-state index in [4.69, 9.17) is 9.26 Å². The van der Waals surface area contributed by atoms with Crippen molar-refractivity contribution in [2.24, 2.45) is 5.92 Å². The standard InChI is InChI=1S/C23H23NO4/c1-14-21(13-25)22(28-24-14)19-9-7-18(8-10-19)17-5-3-16(4-6-17)15(2)27-23(26)20-11-12-20/h3-10,15,20,25H,11-13H2,1-2H3. The summed E-state index contributed by atoms with van der Waals surface area (Å²) in [4.78, 5) is 11.8. The maximum atomic E-state index is 11.8. The van der Waals surface area contributed by atoms with Gasteiger partial charge in [0.2, 0.25) is 0 Å². The van der Waals surface area contributed by atoms with Crippen LogP contribution in [0.5, 0.6) is 0 Å². The molecular formula is C23H23NO4. The first-order chi connectivity index (χ1) is 13.6. The molecule has 1 heterocycles. The number of aromatic nitrogens is 1. The molecule has 0 saturated heterocycles. The normalized spacial score (nSPS) is 14.7. The molecule has 0 aliphatic heterocycles. The predicted molar refractivity (Wildman–Crippen MR) is 105 cm³/mol. The number of hydrogen-bond donors (Lipinski definition) is 1. The molecule has 1 aliphatic carbocycles. The van der Waals surface area contributed by atoms with Gasteiger partial charge in [-0.05, 0) is 43.4 Å². The van der Waals surface area contributed by atoms with Crippen molar-refractivity contribution in [2.45, 2.75) is 39.4 Å². The van der Waals surface area contributed by atoms with Crippen LogP contribution in [0.2, 0.25) is 0 Å². The summed E-state index contributed by atoms with van der Waals surface area (Å²) in [6.45, 7) is 3.62. The van der Waals surface area contributed by atoms with Crippen LogP contribution in [0.1, 0.15) is 42.7 Å². The monoisotopic (exact) mass is 377 g/mol. The van der Waals surface area contributed by atoms with E-state index in [-0.39, 0.29) is 24.6 Å². The Labute approximate surface area is 163 Å². The van der Waals surface area contributed by atoms with Gasteiger partial charge in [0.1, 0.15) is 6.10 Å². The Bertz CT molecular complexity index is 969. The second-order valence-corrected chi connectivity index (χ2v) is 7.29. The average Bonchev–Trinajstić information content (AvgIpc) is 3.51. The molecule has 1 N–H and O–H groups in total. The molecule has 0 bridgehead atoms. The van der Waals surface area contributed by atoms with E-state index >= 15 is 0 Å². The second-order valence-electron chi connectivity index (χ2n) is 7.29. The van der Waals surface area contributed by atoms with Crippen LogP contribution in [0.4, 0.5) is 0 Å². The third kappa shape index (κ3) is 3.71. The number of ether oxygens (including phenoxy) is 1. The average molecular weight is 377 g/mol. The molecule has 1 aliphatic rings. The number of hydrogen-bond acceptors (Lipinski definition) is 5. The number of aliphatic hydroxyl groups is 1. The topological polar surface area (TPSA) is 72.6 Å². The number of rotatable bonds is 6. The fourth-order valence-corrected chi connectivity index (χ4v) is 3.22. The number of carbonyl (C=O) groups excluding carboxylic acids is 1. The van der Waals surface area contributed by atoms with Gasteiger partial charge in [0.15, 0.2) is 5.76 Å². The maximum Gasteiger partial charge on any atom is 0.309 e. The molecule has 1 unspecified atom stereocenters. The van der Waals surface area contributed by atoms with E-state index in [1.165, 1.54) is 0 Å². The van der Waals surface area contributed by atoms with Crippen molar-refractivity contribution in [2.75, 3.05) is 0 Å². The largest absolute Gasteiger partial charge is 0.458 e. The summed E-state index contributed by atoms with van der Waals surface area (Å²) in [5, 5.41) is 13.4. The Kier molecular flexibility index (Phi) is 5.01. The molecule has 1 aromatic heterocycles. The van der Waals surface area contributed by atoms with Crippen molar-refractivity contribution >= 4 is 5.97 Å². The summed E-state index contributed by atoms with van der Waals surface area (Å²) in [5.41, 5.74) is 5.43. The first kappa shape index (κ1) is 18.4. The van der Waals surface area contributed by atoms with Crippen molar-refractivity contribution in [3.8, 4) is 22.5 Å². The first-order valence-electron chi connectivity index (χ1n) is 9.54. The van der Waals surface area contributed by atoms with Crippen LogP contribution in [0.25, 0.3) is 22.5 Å². The van der Waals surface area contributed by atoms with E-state index in [1.807, 2.05) is 62.4 Å². The molecule has 28 heavy (non-hydrogen) atoms. The summed E-state index contributed by atoms with van der Waals surface area (Å²) in [6, 6.07) is 16.0. The highest BCUT2D eigenvalue weighted by atomic mass is 16.5. The zero-order chi connectivity index (χ0) is 19.7. The molecule has 144 valence electrons. The van der Waals surface area contributed by atoms with Crippen molar-refractivity contribution in [1.29, 1.82) is 0 Å². The van der Waals surface area contributed by atoms with E-state index in [0.717, 1.165) is 35.1 Å². The molecule has 0 spiro atoms. The molecule has 3 aromatic rings. The first-order valence-corrected chi connectivity index (χ1v) is 9.54. The lowest BCUT2D eigenvalue weighted by Crippen LogP contribution is -2.10. The highest BCUT2D eigenvalue weighted by molar-refractivity contribution is 5.75. The maximum absolute atomic E-state index is 11.8. The van der Waals surface area contributed by atoms with Gasteiger partial charge in [0, 0.05) is 11.1 Å². The van der Waals surface area contributed by atoms with Crippen LogP contribution < -0.4 is 0 Å². The van der Waals surface area contributed by atoms with Gasteiger partial charge < -0.3 is 14.4 Å². The Hall–Kier alpha value is -2.92. The molecule has 2 aromatic carbocycles. The van der Waals surface area contributed by atoms with Gasteiger partial charge in [-0.15, -0.1) is 0 Å². The minimum Gasteiger partial charge on any atom is -0.458 e. The highest BCUT2D eigenvalue weighted by Gasteiger charge is 2.32. The lowest BCUT2D eigenvalue weighted by atomic mass is 9.99. The van der Waals surface area contributed by atoms with Crippen LogP contribution in [0.3, 0.4) is 0 Å². The van der Waals surface area contributed by atoms with Crippen LogP contribution in [0.15, 0.2) is 53.1 Å². The molecule has 0 radical (unpaired) electrons. The van der Waals surface area contributed by atoms with Crippen molar-refractivity contribution in [1.82, 2.24) is 5.16 Å². The zero-order valence-electron chi connectivity index (χ0n) is 16.0. The third-order valence-electron chi connectivity index (χ3n) is 5.21. The van der Waals surface area contributed by atoms with Gasteiger partial charge in [-0.1, -0.05) is 53.7 Å². The lowest BCUT2D eigenvalue weighted by molar-refractivity contribution is -0.150. The van der Waals surface area contributed by atoms with Gasteiger partial charge in [-0.3, -0.25) is 4.79 Å². The van der Waals surface area contributed by atoms with E-state index in [1.54, 1.807) is 0 Å². The molecule has 0 amide bonds. The van der Waals surface area contributed by atoms with Gasteiger partial charge in [-0.2, -0.15) is 0 Å². The van der Waals surface area contributed by atoms with E-state index < -0.39 is 0 Å². The minimum atomic E-state index is -0.240. The number of nitrogens with zero attached hydrogens (tertiary/aromatic N) is 1. The third-order valence-corrected chi connectivity index (χ3v) is 5.21. The minimum absolute atomic E-state index is 0.0860. The number of esters is 1. The Morgan fingerprint density at radius 3 is 2.25 bits per heavy atom. The van der Waals surface area contributed by atoms with Crippen LogP contribution in [0, 0.1) is 12.8 Å². The number of benzene rings is 2. The van der Waals surface area contributed by atoms with Gasteiger partial charge >= 0.3 is 5.97 Å². The predicted octanol–water partition coefficient (Wildman–Crippen LogP) is 4.82. The quantitative estimate of drug-likeness (QED) is 0.623. The smallest absolute Gasteiger partial charge is 0.309 e. The molecule has 4 rings (SSSR count). The van der Waals surface area contributed by atoms with Crippen LogP contribution in [-0.2, 0) is 16.1 Å². The lowest BCUT2D eigenvalue weighted by Gasteiger charge is -2.14. The molecular weight excluding hydrogens is 354 g/mol. The Balaban J connectivity index is 1.49. The van der Waals surface area contributed by atoms with E-state index in [0.29, 0.717) is 17.0 Å². The van der Waals surface area contributed by atoms with Crippen molar-refractivity contribution in [3.05, 3.63) is 65.4 Å². The summed E-state index contributed by atoms with van der Waals surface area (Å²) in [7, 11) is 0. The molecule has 5 nitrogen and oxygen atoms in total. The SMILES string of the molecule is Cc1noc(-c2ccc(-c3ccc(C(C)OC(=O)C4CC4)cc3)cc2)c1CO. The highest BCUT2D eigenvalue weighted by Crippen LogP contribution is 2.33. The molecule has 1 atom stereocenters. The number of aliphatic hydroxyl groups excluding tert-OH is 1. The second kappa shape index (κ2) is 7.60. The van der Waals surface area contributed by atoms with E-state index in [2.05, 4.69) is 5.16 Å². The Morgan fingerprint density at radius 2 is 1.68 bits per heavy atom. The summed E-state index contributed by atoms with van der Waals surface area (Å²) in [6.07, 6.45) is 1.66. The van der Waals surface area contributed by atoms with Gasteiger partial charge in [0.05, 0.1) is 18.2 Å². The van der Waals surface area contributed by atoms with Crippen molar-refractivity contribution < 1.29 is 19.2 Å². The number of carbonyl (C=O) groups is 1. The number of aryl methyl sites for hydroxylation is 1. The Morgan fingerprint density at radius 1 is 1.11 bits per heavy atom. The molecule has 1 fully saturated rings. The fraction of sp³-hybridized carbons (Fsp3) is 0.304. The van der Waals surface area contributed by atoms with Gasteiger partial charge in [-0.25, -0.2) is 0 Å². The summed E-state index contributed by atoms with van der Waals surface area (Å²) >= 11 is 0. The molecule has 1 saturated carbocycles. The fourth-order valence-electron chi connectivity index (χ4n) is 3.22. The summed E-state index contributed by atoms with van der Waals surface area (Å²) in [5.74, 6) is 0.630. The van der Waals surface area contributed by atoms with E-state index in [9.17, 15) is 9.90 Å². The zero-order valence-corrected chi connectivity index (χ0v) is 16.0. The summed E-state index contributed by atoms with van der Waals surface area (Å²) < 4.78 is 10.9. The van der Waals surface area contributed by atoms with Gasteiger partial charge in [0.25, 0.3) is 0 Å². The molecule has 5 heteroatoms. The van der Waals surface area contributed by atoms with Crippen LogP contribution >= 0.6 is 0 Å².